The molecular formula is C15H20N2S. The van der Waals surface area contributed by atoms with Crippen LogP contribution in [0.4, 0.5) is 5.13 Å². The molecule has 1 heterocycles. The number of anilines is 1. The van der Waals surface area contributed by atoms with Crippen LogP contribution >= 0.6 is 11.3 Å². The van der Waals surface area contributed by atoms with Crippen molar-refractivity contribution >= 4 is 26.7 Å². The summed E-state index contributed by atoms with van der Waals surface area (Å²) in [5.41, 5.74) is 2.43. The van der Waals surface area contributed by atoms with E-state index in [1.54, 1.807) is 11.3 Å². The van der Waals surface area contributed by atoms with Crippen molar-refractivity contribution < 1.29 is 0 Å². The molecule has 0 saturated heterocycles. The zero-order valence-corrected chi connectivity index (χ0v) is 11.7. The molecule has 2 aromatic rings. The summed E-state index contributed by atoms with van der Waals surface area (Å²) in [5, 5.41) is 4.63. The molecule has 0 amide bonds. The Morgan fingerprint density at radius 2 is 2.11 bits per heavy atom. The van der Waals surface area contributed by atoms with Gasteiger partial charge in [0, 0.05) is 6.54 Å². The molecule has 1 fully saturated rings. The van der Waals surface area contributed by atoms with Gasteiger partial charge in [-0.2, -0.15) is 0 Å². The molecule has 0 unspecified atom stereocenters. The first kappa shape index (κ1) is 12.0. The molecule has 18 heavy (non-hydrogen) atoms. The molecule has 0 bridgehead atoms. The Bertz CT molecular complexity index is 526. The van der Waals surface area contributed by atoms with Crippen LogP contribution in [-0.2, 0) is 0 Å². The second kappa shape index (κ2) is 5.27. The molecule has 0 aliphatic heterocycles. The Kier molecular flexibility index (Phi) is 3.50. The molecule has 1 aliphatic rings. The summed E-state index contributed by atoms with van der Waals surface area (Å²) < 4.78 is 1.29. The van der Waals surface area contributed by atoms with Crippen molar-refractivity contribution in [1.29, 1.82) is 0 Å². The van der Waals surface area contributed by atoms with E-state index >= 15 is 0 Å². The Balaban J connectivity index is 1.69. The van der Waals surface area contributed by atoms with Gasteiger partial charge in [0.15, 0.2) is 5.13 Å². The van der Waals surface area contributed by atoms with Gasteiger partial charge in [-0.05, 0) is 37.3 Å². The number of aryl methyl sites for hydroxylation is 1. The van der Waals surface area contributed by atoms with E-state index in [0.717, 1.165) is 23.1 Å². The molecule has 1 saturated carbocycles. The van der Waals surface area contributed by atoms with E-state index in [9.17, 15) is 0 Å². The van der Waals surface area contributed by atoms with Gasteiger partial charge >= 0.3 is 0 Å². The van der Waals surface area contributed by atoms with Gasteiger partial charge in [-0.15, -0.1) is 0 Å². The number of nitrogens with zero attached hydrogens (tertiary/aromatic N) is 1. The molecule has 3 rings (SSSR count). The smallest absolute Gasteiger partial charge is 0.183 e. The fourth-order valence-corrected chi connectivity index (χ4v) is 3.74. The number of thiazole rings is 1. The van der Waals surface area contributed by atoms with Crippen molar-refractivity contribution in [1.82, 2.24) is 4.98 Å². The van der Waals surface area contributed by atoms with Crippen LogP contribution in [0.1, 0.15) is 37.7 Å². The predicted octanol–water partition coefficient (Wildman–Crippen LogP) is 4.60. The Morgan fingerprint density at radius 1 is 1.28 bits per heavy atom. The third kappa shape index (κ3) is 2.51. The van der Waals surface area contributed by atoms with Crippen molar-refractivity contribution in [2.45, 2.75) is 39.0 Å². The summed E-state index contributed by atoms with van der Waals surface area (Å²) in [6.07, 6.45) is 7.02. The van der Waals surface area contributed by atoms with Gasteiger partial charge in [0.2, 0.25) is 0 Å². The van der Waals surface area contributed by atoms with Crippen molar-refractivity contribution in [2.24, 2.45) is 5.92 Å². The third-order valence-corrected chi connectivity index (χ3v) is 4.87. The number of aromatic nitrogens is 1. The number of para-hydroxylation sites is 1. The topological polar surface area (TPSA) is 24.9 Å². The number of fused-ring (bicyclic) bond motifs is 1. The minimum atomic E-state index is 0.854. The normalized spacial score (nSPS) is 17.2. The van der Waals surface area contributed by atoms with Gasteiger partial charge in [-0.1, -0.05) is 42.7 Å². The fourth-order valence-electron chi connectivity index (χ4n) is 2.78. The Hall–Kier alpha value is -1.09. The molecule has 1 N–H and O–H groups in total. The van der Waals surface area contributed by atoms with Crippen molar-refractivity contribution in [3.8, 4) is 0 Å². The van der Waals surface area contributed by atoms with E-state index in [2.05, 4.69) is 30.4 Å². The highest BCUT2D eigenvalue weighted by molar-refractivity contribution is 7.22. The lowest BCUT2D eigenvalue weighted by Crippen LogP contribution is -2.16. The summed E-state index contributed by atoms with van der Waals surface area (Å²) in [5.74, 6) is 0.854. The van der Waals surface area contributed by atoms with Crippen LogP contribution in [0.15, 0.2) is 18.2 Å². The van der Waals surface area contributed by atoms with E-state index in [1.807, 2.05) is 0 Å². The van der Waals surface area contributed by atoms with E-state index < -0.39 is 0 Å². The lowest BCUT2D eigenvalue weighted by molar-refractivity contribution is 0.373. The summed E-state index contributed by atoms with van der Waals surface area (Å²) in [6, 6.07) is 6.40. The van der Waals surface area contributed by atoms with Crippen LogP contribution in [0.2, 0.25) is 0 Å². The molecule has 0 atom stereocenters. The second-order valence-electron chi connectivity index (χ2n) is 5.33. The molecule has 2 nitrogen and oxygen atoms in total. The Labute approximate surface area is 112 Å². The number of benzene rings is 1. The third-order valence-electron chi connectivity index (χ3n) is 3.89. The standard InChI is InChI=1S/C15H20N2S/c1-11-6-5-9-13-14(11)17-15(18-13)16-10-12-7-3-2-4-8-12/h5-6,9,12H,2-4,7-8,10H2,1H3,(H,16,17). The molecule has 0 spiro atoms. The number of rotatable bonds is 3. The average Bonchev–Trinajstić information content (AvgIpc) is 2.82. The Morgan fingerprint density at radius 3 is 2.89 bits per heavy atom. The average molecular weight is 260 g/mol. The number of nitrogens with one attached hydrogen (secondary N) is 1. The zero-order valence-electron chi connectivity index (χ0n) is 10.9. The minimum Gasteiger partial charge on any atom is -0.361 e. The summed E-state index contributed by atoms with van der Waals surface area (Å²) in [7, 11) is 0. The fraction of sp³-hybridized carbons (Fsp3) is 0.533. The summed E-state index contributed by atoms with van der Waals surface area (Å²) >= 11 is 1.78. The number of hydrogen-bond donors (Lipinski definition) is 1. The maximum Gasteiger partial charge on any atom is 0.183 e. The van der Waals surface area contributed by atoms with Crippen LogP contribution in [0.25, 0.3) is 10.2 Å². The first-order chi connectivity index (χ1) is 8.83. The van der Waals surface area contributed by atoms with Crippen LogP contribution in [0.3, 0.4) is 0 Å². The maximum atomic E-state index is 4.70. The van der Waals surface area contributed by atoms with Crippen molar-refractivity contribution in [3.05, 3.63) is 23.8 Å². The lowest BCUT2D eigenvalue weighted by atomic mass is 9.89. The minimum absolute atomic E-state index is 0.854. The highest BCUT2D eigenvalue weighted by atomic mass is 32.1. The quantitative estimate of drug-likeness (QED) is 0.872. The van der Waals surface area contributed by atoms with Gasteiger partial charge in [-0.25, -0.2) is 4.98 Å². The SMILES string of the molecule is Cc1cccc2sc(NCC3CCCCC3)nc12. The lowest BCUT2D eigenvalue weighted by Gasteiger charge is -2.21. The molecule has 0 radical (unpaired) electrons. The molecular weight excluding hydrogens is 240 g/mol. The van der Waals surface area contributed by atoms with Gasteiger partial charge in [-0.3, -0.25) is 0 Å². The first-order valence-electron chi connectivity index (χ1n) is 6.93. The molecule has 1 aliphatic carbocycles. The largest absolute Gasteiger partial charge is 0.361 e. The van der Waals surface area contributed by atoms with Gasteiger partial charge in [0.05, 0.1) is 10.2 Å². The zero-order chi connectivity index (χ0) is 12.4. The predicted molar refractivity (Wildman–Crippen MR) is 79.4 cm³/mol. The first-order valence-corrected chi connectivity index (χ1v) is 7.74. The van der Waals surface area contributed by atoms with Crippen LogP contribution in [0, 0.1) is 12.8 Å². The highest BCUT2D eigenvalue weighted by Gasteiger charge is 2.14. The monoisotopic (exact) mass is 260 g/mol. The van der Waals surface area contributed by atoms with Gasteiger partial charge in [0.25, 0.3) is 0 Å². The second-order valence-corrected chi connectivity index (χ2v) is 6.36. The summed E-state index contributed by atoms with van der Waals surface area (Å²) in [4.78, 5) is 4.70. The van der Waals surface area contributed by atoms with Crippen LogP contribution < -0.4 is 5.32 Å². The molecule has 1 aromatic carbocycles. The summed E-state index contributed by atoms with van der Waals surface area (Å²) in [6.45, 7) is 3.23. The highest BCUT2D eigenvalue weighted by Crippen LogP contribution is 2.29. The van der Waals surface area contributed by atoms with Gasteiger partial charge < -0.3 is 5.32 Å². The van der Waals surface area contributed by atoms with E-state index in [1.165, 1.54) is 42.4 Å². The van der Waals surface area contributed by atoms with E-state index in [-0.39, 0.29) is 0 Å². The van der Waals surface area contributed by atoms with Crippen molar-refractivity contribution in [3.63, 3.8) is 0 Å². The maximum absolute atomic E-state index is 4.70. The molecule has 1 aromatic heterocycles. The van der Waals surface area contributed by atoms with Crippen LogP contribution in [0.5, 0.6) is 0 Å². The van der Waals surface area contributed by atoms with Crippen molar-refractivity contribution in [2.75, 3.05) is 11.9 Å². The number of hydrogen-bond acceptors (Lipinski definition) is 3. The molecule has 3 heteroatoms. The van der Waals surface area contributed by atoms with Gasteiger partial charge in [0.1, 0.15) is 0 Å². The molecule has 96 valence electrons. The van der Waals surface area contributed by atoms with E-state index in [0.29, 0.717) is 0 Å². The van der Waals surface area contributed by atoms with Crippen LogP contribution in [-0.4, -0.2) is 11.5 Å². The van der Waals surface area contributed by atoms with E-state index in [4.69, 9.17) is 4.98 Å².